The van der Waals surface area contributed by atoms with Crippen LogP contribution < -0.4 is 4.74 Å². The molecule has 0 bridgehead atoms. The third-order valence-electron chi connectivity index (χ3n) is 6.49. The smallest absolute Gasteiger partial charge is 0.335 e. The van der Waals surface area contributed by atoms with E-state index in [1.54, 1.807) is 25.4 Å². The predicted molar refractivity (Wildman–Crippen MR) is 126 cm³/mol. The minimum Gasteiger partial charge on any atom is -0.496 e. The van der Waals surface area contributed by atoms with Crippen LogP contribution in [0.4, 0.5) is 0 Å². The van der Waals surface area contributed by atoms with Gasteiger partial charge < -0.3 is 14.6 Å². The number of benzene rings is 2. The van der Waals surface area contributed by atoms with Gasteiger partial charge in [-0.1, -0.05) is 12.1 Å². The SMILES string of the molecule is CCO[C@H]1CCN(Cc2c(OC)cc(C)c3c2ccn3N=O)[C@H](c2ccc(C(=O)O)cc2)C1. The summed E-state index contributed by atoms with van der Waals surface area (Å²) in [5.41, 5.74) is 4.03. The number of carbonyl (C=O) groups is 1. The van der Waals surface area contributed by atoms with E-state index in [1.807, 2.05) is 38.1 Å². The van der Waals surface area contributed by atoms with Crippen molar-refractivity contribution in [2.75, 3.05) is 20.3 Å². The maximum atomic E-state index is 11.3. The van der Waals surface area contributed by atoms with Crippen LogP contribution in [0.5, 0.6) is 5.75 Å². The molecule has 1 aromatic heterocycles. The first kappa shape index (κ1) is 22.9. The van der Waals surface area contributed by atoms with Crippen molar-refractivity contribution < 1.29 is 19.4 Å². The second-order valence-electron chi connectivity index (χ2n) is 8.39. The number of nitrogens with zero attached hydrogens (tertiary/aromatic N) is 3. The molecule has 0 unspecified atom stereocenters. The van der Waals surface area contributed by atoms with Gasteiger partial charge in [-0.15, -0.1) is 4.91 Å². The van der Waals surface area contributed by atoms with Crippen molar-refractivity contribution in [3.63, 3.8) is 0 Å². The summed E-state index contributed by atoms with van der Waals surface area (Å²) < 4.78 is 13.0. The van der Waals surface area contributed by atoms with Gasteiger partial charge in [0.05, 0.1) is 29.6 Å². The zero-order valence-electron chi connectivity index (χ0n) is 19.2. The number of carboxylic acid groups (broad SMARTS) is 1. The Balaban J connectivity index is 1.72. The highest BCUT2D eigenvalue weighted by atomic mass is 16.5. The number of nitroso groups, excluding NO2 is 1. The molecule has 1 aliphatic rings. The molecular formula is C25H29N3O5. The summed E-state index contributed by atoms with van der Waals surface area (Å²) in [6.45, 7) is 6.04. The van der Waals surface area contributed by atoms with Crippen LogP contribution in [0.15, 0.2) is 47.9 Å². The van der Waals surface area contributed by atoms with Gasteiger partial charge in [0.2, 0.25) is 0 Å². The van der Waals surface area contributed by atoms with Crippen LogP contribution in [0.3, 0.4) is 0 Å². The summed E-state index contributed by atoms with van der Waals surface area (Å²) in [5.74, 6) is -0.162. The van der Waals surface area contributed by atoms with E-state index in [-0.39, 0.29) is 17.7 Å². The van der Waals surface area contributed by atoms with Crippen LogP contribution in [0.1, 0.15) is 52.9 Å². The van der Waals surface area contributed by atoms with E-state index in [9.17, 15) is 14.8 Å². The van der Waals surface area contributed by atoms with Crippen molar-refractivity contribution in [1.82, 2.24) is 9.58 Å². The lowest BCUT2D eigenvalue weighted by Crippen LogP contribution is -2.39. The van der Waals surface area contributed by atoms with E-state index >= 15 is 0 Å². The van der Waals surface area contributed by atoms with Crippen LogP contribution in [-0.2, 0) is 11.3 Å². The maximum absolute atomic E-state index is 11.3. The number of likely N-dealkylation sites (tertiary alicyclic amines) is 1. The third-order valence-corrected chi connectivity index (χ3v) is 6.49. The van der Waals surface area contributed by atoms with Crippen molar-refractivity contribution >= 4 is 16.9 Å². The topological polar surface area (TPSA) is 93.4 Å². The zero-order valence-corrected chi connectivity index (χ0v) is 19.2. The molecule has 0 spiro atoms. The Morgan fingerprint density at radius 1 is 1.24 bits per heavy atom. The van der Waals surface area contributed by atoms with Crippen molar-refractivity contribution in [3.8, 4) is 5.75 Å². The third kappa shape index (κ3) is 4.49. The van der Waals surface area contributed by atoms with Crippen LogP contribution in [0.2, 0.25) is 0 Å². The number of aromatic carboxylic acids is 1. The average Bonchev–Trinajstić information content (AvgIpc) is 3.26. The quantitative estimate of drug-likeness (QED) is 0.488. The van der Waals surface area contributed by atoms with Gasteiger partial charge >= 0.3 is 5.97 Å². The van der Waals surface area contributed by atoms with E-state index in [0.29, 0.717) is 13.2 Å². The fourth-order valence-electron chi connectivity index (χ4n) is 4.91. The number of piperidine rings is 1. The molecule has 8 nitrogen and oxygen atoms in total. The van der Waals surface area contributed by atoms with Crippen molar-refractivity contribution in [3.05, 3.63) is 69.8 Å². The fourth-order valence-corrected chi connectivity index (χ4v) is 4.91. The standard InChI is InChI=1S/C25H29N3O5/c1-4-33-19-9-11-27(22(14-19)17-5-7-18(8-6-17)25(29)30)15-21-20-10-12-28(26-31)24(20)16(2)13-23(21)32-3/h5-8,10,12-13,19,22H,4,9,11,14-15H2,1-3H3,(H,29,30)/t19-,22-/m0/s1. The van der Waals surface area contributed by atoms with Crippen molar-refractivity contribution in [1.29, 1.82) is 0 Å². The molecule has 0 aliphatic carbocycles. The van der Waals surface area contributed by atoms with E-state index in [4.69, 9.17) is 9.47 Å². The number of methoxy groups -OCH3 is 1. The Morgan fingerprint density at radius 3 is 2.64 bits per heavy atom. The normalized spacial score (nSPS) is 19.0. The Kier molecular flexibility index (Phi) is 6.76. The summed E-state index contributed by atoms with van der Waals surface area (Å²) in [4.78, 5) is 25.0. The molecule has 0 amide bonds. The Bertz CT molecular complexity index is 1160. The minimum absolute atomic E-state index is 0.0606. The molecule has 1 aliphatic heterocycles. The summed E-state index contributed by atoms with van der Waals surface area (Å²) in [6, 6.07) is 11.0. The zero-order chi connectivity index (χ0) is 23.5. The average molecular weight is 452 g/mol. The number of ether oxygens (including phenoxy) is 2. The Hall–Kier alpha value is -3.23. The molecule has 1 N–H and O–H groups in total. The lowest BCUT2D eigenvalue weighted by molar-refractivity contribution is -0.0138. The second-order valence-corrected chi connectivity index (χ2v) is 8.39. The first-order chi connectivity index (χ1) is 16.0. The lowest BCUT2D eigenvalue weighted by Gasteiger charge is -2.40. The van der Waals surface area contributed by atoms with Crippen LogP contribution in [0, 0.1) is 11.8 Å². The highest BCUT2D eigenvalue weighted by Gasteiger charge is 2.31. The van der Waals surface area contributed by atoms with E-state index in [0.717, 1.165) is 52.7 Å². The number of hydrogen-bond donors (Lipinski definition) is 1. The highest BCUT2D eigenvalue weighted by molar-refractivity contribution is 5.89. The van der Waals surface area contributed by atoms with Gasteiger partial charge in [0.1, 0.15) is 5.75 Å². The molecule has 1 saturated heterocycles. The number of rotatable bonds is 8. The number of aryl methyl sites for hydroxylation is 1. The molecule has 0 saturated carbocycles. The largest absolute Gasteiger partial charge is 0.496 e. The van der Waals surface area contributed by atoms with Gasteiger partial charge in [-0.05, 0) is 62.1 Å². The molecule has 4 rings (SSSR count). The molecule has 0 radical (unpaired) electrons. The number of carboxylic acids is 1. The van der Waals surface area contributed by atoms with E-state index < -0.39 is 5.97 Å². The van der Waals surface area contributed by atoms with E-state index in [1.165, 1.54) is 4.68 Å². The molecule has 33 heavy (non-hydrogen) atoms. The molecular weight excluding hydrogens is 422 g/mol. The van der Waals surface area contributed by atoms with Gasteiger partial charge in [0, 0.05) is 42.9 Å². The molecule has 174 valence electrons. The van der Waals surface area contributed by atoms with Crippen LogP contribution >= 0.6 is 0 Å². The minimum atomic E-state index is -0.936. The number of fused-ring (bicyclic) bond motifs is 1. The maximum Gasteiger partial charge on any atom is 0.335 e. The molecule has 8 heteroatoms. The molecule has 3 aromatic rings. The Morgan fingerprint density at radius 2 is 2.00 bits per heavy atom. The Labute approximate surface area is 192 Å². The number of aromatic nitrogens is 1. The second kappa shape index (κ2) is 9.72. The van der Waals surface area contributed by atoms with Crippen LogP contribution in [-0.4, -0.2) is 47.0 Å². The van der Waals surface area contributed by atoms with Crippen LogP contribution in [0.25, 0.3) is 10.9 Å². The fraction of sp³-hybridized carbons (Fsp3) is 0.400. The summed E-state index contributed by atoms with van der Waals surface area (Å²) in [6.07, 6.45) is 3.55. The molecule has 2 aromatic carbocycles. The highest BCUT2D eigenvalue weighted by Crippen LogP contribution is 2.38. The monoisotopic (exact) mass is 451 g/mol. The van der Waals surface area contributed by atoms with Gasteiger partial charge in [-0.25, -0.2) is 9.47 Å². The summed E-state index contributed by atoms with van der Waals surface area (Å²) >= 11 is 0. The summed E-state index contributed by atoms with van der Waals surface area (Å²) in [5, 5.41) is 13.3. The molecule has 1 fully saturated rings. The molecule has 2 heterocycles. The van der Waals surface area contributed by atoms with Gasteiger partial charge in [0.15, 0.2) is 0 Å². The van der Waals surface area contributed by atoms with E-state index in [2.05, 4.69) is 10.2 Å². The lowest BCUT2D eigenvalue weighted by atomic mass is 9.91. The van der Waals surface area contributed by atoms with Crippen molar-refractivity contribution in [2.45, 2.75) is 45.4 Å². The van der Waals surface area contributed by atoms with Crippen molar-refractivity contribution in [2.24, 2.45) is 5.29 Å². The predicted octanol–water partition coefficient (Wildman–Crippen LogP) is 4.93. The summed E-state index contributed by atoms with van der Waals surface area (Å²) in [7, 11) is 1.66. The van der Waals surface area contributed by atoms with Gasteiger partial charge in [0.25, 0.3) is 0 Å². The van der Waals surface area contributed by atoms with Gasteiger partial charge in [-0.2, -0.15) is 0 Å². The first-order valence-corrected chi connectivity index (χ1v) is 11.2. The number of hydrogen-bond acceptors (Lipinski definition) is 6. The first-order valence-electron chi connectivity index (χ1n) is 11.2. The van der Waals surface area contributed by atoms with Gasteiger partial charge in [-0.3, -0.25) is 4.90 Å². The molecule has 2 atom stereocenters.